The Hall–Kier alpha value is -1.02. The summed E-state index contributed by atoms with van der Waals surface area (Å²) < 4.78 is 0. The molecule has 2 rings (SSSR count). The Morgan fingerprint density at radius 2 is 1.88 bits per heavy atom. The number of hydrogen-bond donors (Lipinski definition) is 0. The SMILES string of the molecule is CC1(C)CC(=O)C=C(CSc2ccccc2)C1. The highest BCUT2D eigenvalue weighted by molar-refractivity contribution is 7.99. The summed E-state index contributed by atoms with van der Waals surface area (Å²) in [4.78, 5) is 12.9. The first kappa shape index (κ1) is 12.4. The normalized spacial score (nSPS) is 18.9. The second kappa shape index (κ2) is 5.09. The maximum Gasteiger partial charge on any atom is 0.156 e. The number of allylic oxidation sites excluding steroid dienone is 1. The number of thioether (sulfide) groups is 1. The molecule has 0 atom stereocenters. The van der Waals surface area contributed by atoms with Gasteiger partial charge in [0.2, 0.25) is 0 Å². The van der Waals surface area contributed by atoms with Crippen LogP contribution in [0.25, 0.3) is 0 Å². The fourth-order valence-electron chi connectivity index (χ4n) is 2.26. The fraction of sp³-hybridized carbons (Fsp3) is 0.400. The standard InChI is InChI=1S/C15H18OS/c1-15(2)9-12(8-13(16)10-15)11-17-14-6-4-3-5-7-14/h3-8H,9-11H2,1-2H3. The maximum absolute atomic E-state index is 11.6. The van der Waals surface area contributed by atoms with Gasteiger partial charge in [-0.2, -0.15) is 0 Å². The van der Waals surface area contributed by atoms with Crippen molar-refractivity contribution in [1.29, 1.82) is 0 Å². The first-order chi connectivity index (χ1) is 8.05. The molecule has 2 heteroatoms. The number of carbonyl (C=O) groups excluding carboxylic acids is 1. The minimum Gasteiger partial charge on any atom is -0.295 e. The molecule has 1 nitrogen and oxygen atoms in total. The summed E-state index contributed by atoms with van der Waals surface area (Å²) in [6.45, 7) is 4.34. The zero-order valence-electron chi connectivity index (χ0n) is 10.4. The van der Waals surface area contributed by atoms with Crippen molar-refractivity contribution in [3.63, 3.8) is 0 Å². The monoisotopic (exact) mass is 246 g/mol. The highest BCUT2D eigenvalue weighted by Gasteiger charge is 2.27. The van der Waals surface area contributed by atoms with Crippen LogP contribution in [0.5, 0.6) is 0 Å². The number of rotatable bonds is 3. The van der Waals surface area contributed by atoms with E-state index in [2.05, 4.69) is 26.0 Å². The number of ketones is 1. The summed E-state index contributed by atoms with van der Waals surface area (Å²) in [6, 6.07) is 10.3. The van der Waals surface area contributed by atoms with Gasteiger partial charge in [0.1, 0.15) is 0 Å². The molecule has 0 saturated carbocycles. The molecular formula is C15H18OS. The van der Waals surface area contributed by atoms with Crippen molar-refractivity contribution in [1.82, 2.24) is 0 Å². The first-order valence-corrected chi connectivity index (χ1v) is 6.94. The maximum atomic E-state index is 11.6. The molecule has 1 aliphatic carbocycles. The van der Waals surface area contributed by atoms with Crippen molar-refractivity contribution in [2.45, 2.75) is 31.6 Å². The van der Waals surface area contributed by atoms with E-state index in [1.807, 2.05) is 36.0 Å². The summed E-state index contributed by atoms with van der Waals surface area (Å²) in [5.41, 5.74) is 1.42. The lowest BCUT2D eigenvalue weighted by atomic mass is 9.77. The molecule has 0 aromatic heterocycles. The van der Waals surface area contributed by atoms with Gasteiger partial charge in [0.15, 0.2) is 5.78 Å². The summed E-state index contributed by atoms with van der Waals surface area (Å²) in [5, 5.41) is 0. The van der Waals surface area contributed by atoms with Crippen LogP contribution in [0.15, 0.2) is 46.9 Å². The molecule has 0 fully saturated rings. The summed E-state index contributed by atoms with van der Waals surface area (Å²) in [6.07, 6.45) is 3.58. The van der Waals surface area contributed by atoms with E-state index < -0.39 is 0 Å². The molecule has 0 saturated heterocycles. The minimum absolute atomic E-state index is 0.137. The molecule has 0 amide bonds. The molecule has 0 aliphatic heterocycles. The Bertz CT molecular complexity index is 431. The van der Waals surface area contributed by atoms with Gasteiger partial charge in [-0.25, -0.2) is 0 Å². The average Bonchev–Trinajstić information content (AvgIpc) is 2.25. The molecule has 90 valence electrons. The zero-order valence-corrected chi connectivity index (χ0v) is 11.2. The first-order valence-electron chi connectivity index (χ1n) is 5.95. The lowest BCUT2D eigenvalue weighted by Gasteiger charge is -2.28. The summed E-state index contributed by atoms with van der Waals surface area (Å²) >= 11 is 1.81. The van der Waals surface area contributed by atoms with E-state index in [4.69, 9.17) is 0 Å². The predicted octanol–water partition coefficient (Wildman–Crippen LogP) is 4.09. The molecule has 1 aromatic carbocycles. The van der Waals surface area contributed by atoms with Gasteiger partial charge in [0.05, 0.1) is 0 Å². The van der Waals surface area contributed by atoms with Crippen molar-refractivity contribution >= 4 is 17.5 Å². The van der Waals surface area contributed by atoms with E-state index in [0.29, 0.717) is 6.42 Å². The van der Waals surface area contributed by atoms with Crippen molar-refractivity contribution in [3.8, 4) is 0 Å². The van der Waals surface area contributed by atoms with Crippen LogP contribution in [-0.2, 0) is 4.79 Å². The third-order valence-corrected chi connectivity index (χ3v) is 4.01. The van der Waals surface area contributed by atoms with Crippen LogP contribution in [-0.4, -0.2) is 11.5 Å². The van der Waals surface area contributed by atoms with E-state index in [9.17, 15) is 4.79 Å². The van der Waals surface area contributed by atoms with E-state index in [0.717, 1.165) is 12.2 Å². The van der Waals surface area contributed by atoms with E-state index in [1.54, 1.807) is 0 Å². The Balaban J connectivity index is 1.98. The van der Waals surface area contributed by atoms with Gasteiger partial charge < -0.3 is 0 Å². The number of benzene rings is 1. The second-order valence-corrected chi connectivity index (χ2v) is 6.44. The van der Waals surface area contributed by atoms with Crippen LogP contribution in [0.1, 0.15) is 26.7 Å². The van der Waals surface area contributed by atoms with E-state index >= 15 is 0 Å². The van der Waals surface area contributed by atoms with Gasteiger partial charge in [0, 0.05) is 17.1 Å². The Kier molecular flexibility index (Phi) is 3.72. The van der Waals surface area contributed by atoms with Crippen molar-refractivity contribution < 1.29 is 4.79 Å². The lowest BCUT2D eigenvalue weighted by molar-refractivity contribution is -0.117. The smallest absolute Gasteiger partial charge is 0.156 e. The molecule has 0 spiro atoms. The highest BCUT2D eigenvalue weighted by Crippen LogP contribution is 2.35. The van der Waals surface area contributed by atoms with Crippen LogP contribution in [0.2, 0.25) is 0 Å². The third kappa shape index (κ3) is 3.74. The lowest BCUT2D eigenvalue weighted by Crippen LogP contribution is -2.22. The van der Waals surface area contributed by atoms with E-state index in [1.165, 1.54) is 10.5 Å². The minimum atomic E-state index is 0.137. The van der Waals surface area contributed by atoms with Gasteiger partial charge in [-0.15, -0.1) is 11.8 Å². The van der Waals surface area contributed by atoms with Crippen LogP contribution in [0, 0.1) is 5.41 Å². The summed E-state index contributed by atoms with van der Waals surface area (Å²) in [7, 11) is 0. The topological polar surface area (TPSA) is 17.1 Å². The molecular weight excluding hydrogens is 228 g/mol. The van der Waals surface area contributed by atoms with Crippen molar-refractivity contribution in [2.24, 2.45) is 5.41 Å². The number of hydrogen-bond acceptors (Lipinski definition) is 2. The largest absolute Gasteiger partial charge is 0.295 e. The van der Waals surface area contributed by atoms with E-state index in [-0.39, 0.29) is 11.2 Å². The summed E-state index contributed by atoms with van der Waals surface area (Å²) in [5.74, 6) is 1.21. The Morgan fingerprint density at radius 3 is 2.53 bits per heavy atom. The van der Waals surface area contributed by atoms with Crippen molar-refractivity contribution in [3.05, 3.63) is 42.0 Å². The molecule has 0 N–H and O–H groups in total. The molecule has 17 heavy (non-hydrogen) atoms. The van der Waals surface area contributed by atoms with Gasteiger partial charge in [-0.05, 0) is 30.0 Å². The quantitative estimate of drug-likeness (QED) is 0.747. The molecule has 1 aliphatic rings. The average molecular weight is 246 g/mol. The van der Waals surface area contributed by atoms with Crippen LogP contribution in [0.4, 0.5) is 0 Å². The van der Waals surface area contributed by atoms with Gasteiger partial charge in [0.25, 0.3) is 0 Å². The van der Waals surface area contributed by atoms with Crippen LogP contribution < -0.4 is 0 Å². The Morgan fingerprint density at radius 1 is 1.18 bits per heavy atom. The number of carbonyl (C=O) groups is 1. The van der Waals surface area contributed by atoms with Gasteiger partial charge in [-0.1, -0.05) is 37.6 Å². The molecule has 0 radical (unpaired) electrons. The van der Waals surface area contributed by atoms with Gasteiger partial charge in [-0.3, -0.25) is 4.79 Å². The zero-order chi connectivity index (χ0) is 12.3. The highest BCUT2D eigenvalue weighted by atomic mass is 32.2. The van der Waals surface area contributed by atoms with Crippen LogP contribution in [0.3, 0.4) is 0 Å². The van der Waals surface area contributed by atoms with Crippen LogP contribution >= 0.6 is 11.8 Å². The third-order valence-electron chi connectivity index (χ3n) is 2.89. The Labute approximate surface area is 107 Å². The molecule has 0 unspecified atom stereocenters. The predicted molar refractivity (Wildman–Crippen MR) is 73.3 cm³/mol. The van der Waals surface area contributed by atoms with Gasteiger partial charge >= 0.3 is 0 Å². The van der Waals surface area contributed by atoms with Crippen molar-refractivity contribution in [2.75, 3.05) is 5.75 Å². The molecule has 0 bridgehead atoms. The fourth-order valence-corrected chi connectivity index (χ4v) is 3.15. The molecule has 1 aromatic rings. The second-order valence-electron chi connectivity index (χ2n) is 5.39. The molecule has 0 heterocycles.